The summed E-state index contributed by atoms with van der Waals surface area (Å²) in [4.78, 5) is 79.8. The Bertz CT molecular complexity index is 1500. The van der Waals surface area contributed by atoms with E-state index in [0.29, 0.717) is 13.1 Å². The minimum absolute atomic E-state index is 0.00205. The number of aliphatic hydroxyl groups excluding tert-OH is 1. The number of carbonyl (C=O) groups is 6. The number of hydrogen-bond acceptors (Lipinski definition) is 18. The number of ether oxygens (including phenoxy) is 9. The van der Waals surface area contributed by atoms with Crippen LogP contribution < -0.4 is 5.32 Å². The maximum absolute atomic E-state index is 13.6. The average molecular weight is 888 g/mol. The van der Waals surface area contributed by atoms with Crippen LogP contribution in [-0.2, 0) is 71.4 Å². The highest BCUT2D eigenvalue weighted by Gasteiger charge is 2.54. The maximum atomic E-state index is 13.6. The third kappa shape index (κ3) is 14.6. The van der Waals surface area contributed by atoms with Gasteiger partial charge in [0.15, 0.2) is 24.3 Å². The van der Waals surface area contributed by atoms with Crippen molar-refractivity contribution in [1.29, 1.82) is 0 Å². The van der Waals surface area contributed by atoms with Crippen molar-refractivity contribution in [1.82, 2.24) is 15.1 Å². The van der Waals surface area contributed by atoms with Crippen molar-refractivity contribution in [3.8, 4) is 0 Å². The number of aldehydes is 1. The summed E-state index contributed by atoms with van der Waals surface area (Å²) in [5, 5.41) is 15.2. The number of nitrogens with zero attached hydrogens (tertiary/aromatic N) is 2. The van der Waals surface area contributed by atoms with Crippen molar-refractivity contribution < 1.29 is 76.5 Å². The van der Waals surface area contributed by atoms with Gasteiger partial charge in [-0.2, -0.15) is 0 Å². The molecule has 1 amide bonds. The first kappa shape index (κ1) is 53.0. The maximum Gasteiger partial charge on any atom is 0.306 e. The van der Waals surface area contributed by atoms with Crippen LogP contribution in [0.3, 0.4) is 0 Å². The second-order valence-corrected chi connectivity index (χ2v) is 17.5. The number of esters is 4. The first-order valence-corrected chi connectivity index (χ1v) is 21.7. The van der Waals surface area contributed by atoms with E-state index in [9.17, 15) is 33.9 Å². The van der Waals surface area contributed by atoms with Crippen molar-refractivity contribution >= 4 is 36.1 Å². The summed E-state index contributed by atoms with van der Waals surface area (Å²) in [5.74, 6) is -3.63. The average Bonchev–Trinajstić information content (AvgIpc) is 3.16. The van der Waals surface area contributed by atoms with Crippen LogP contribution in [0.2, 0.25) is 0 Å². The molecule has 0 saturated carbocycles. The van der Waals surface area contributed by atoms with Gasteiger partial charge >= 0.3 is 23.9 Å². The van der Waals surface area contributed by atoms with Gasteiger partial charge in [-0.05, 0) is 67.1 Å². The second-order valence-electron chi connectivity index (χ2n) is 17.5. The van der Waals surface area contributed by atoms with Crippen LogP contribution in [0.1, 0.15) is 101 Å². The molecule has 0 aromatic rings. The van der Waals surface area contributed by atoms with E-state index in [2.05, 4.69) is 5.32 Å². The molecule has 3 fully saturated rings. The minimum atomic E-state index is -1.42. The van der Waals surface area contributed by atoms with Gasteiger partial charge in [0.1, 0.15) is 36.8 Å². The Balaban J connectivity index is 2.07. The molecular formula is C43H73N3O16. The smallest absolute Gasteiger partial charge is 0.306 e. The molecule has 0 aromatic heterocycles. The number of likely N-dealkylation sites (N-methyl/N-ethyl adjacent to an activating group) is 2. The first-order valence-electron chi connectivity index (χ1n) is 21.7. The zero-order valence-corrected chi connectivity index (χ0v) is 38.9. The lowest BCUT2D eigenvalue weighted by Crippen LogP contribution is -2.66. The number of hydrogen-bond donors (Lipinski definition) is 2. The number of carbonyl (C=O) groups excluding carboxylic acids is 6. The highest BCUT2D eigenvalue weighted by atomic mass is 16.7. The van der Waals surface area contributed by atoms with Gasteiger partial charge in [0.25, 0.3) is 0 Å². The number of amides is 1. The summed E-state index contributed by atoms with van der Waals surface area (Å²) in [7, 11) is 6.72. The Morgan fingerprint density at radius 2 is 1.55 bits per heavy atom. The second kappa shape index (κ2) is 24.1. The molecule has 5 unspecified atom stereocenters. The van der Waals surface area contributed by atoms with Crippen LogP contribution in [0.25, 0.3) is 0 Å². The molecule has 19 heteroatoms. The summed E-state index contributed by atoms with van der Waals surface area (Å²) in [6.45, 7) is 15.4. The third-order valence-corrected chi connectivity index (χ3v) is 11.8. The van der Waals surface area contributed by atoms with Crippen LogP contribution in [0, 0.1) is 11.8 Å². The molecular weight excluding hydrogens is 814 g/mol. The van der Waals surface area contributed by atoms with E-state index in [1.54, 1.807) is 53.6 Å². The largest absolute Gasteiger partial charge is 0.461 e. The van der Waals surface area contributed by atoms with Gasteiger partial charge in [0.2, 0.25) is 5.91 Å². The lowest BCUT2D eigenvalue weighted by Gasteiger charge is -2.50. The zero-order valence-electron chi connectivity index (χ0n) is 38.9. The molecule has 62 heavy (non-hydrogen) atoms. The van der Waals surface area contributed by atoms with E-state index >= 15 is 0 Å². The molecule has 2 N–H and O–H groups in total. The molecule has 19 nitrogen and oxygen atoms in total. The van der Waals surface area contributed by atoms with Crippen molar-refractivity contribution in [2.45, 2.75) is 186 Å². The van der Waals surface area contributed by atoms with E-state index in [1.807, 2.05) is 25.8 Å². The van der Waals surface area contributed by atoms with Crippen molar-refractivity contribution in [3.05, 3.63) is 0 Å². The van der Waals surface area contributed by atoms with Gasteiger partial charge < -0.3 is 67.6 Å². The van der Waals surface area contributed by atoms with E-state index in [-0.39, 0.29) is 50.5 Å². The Morgan fingerprint density at radius 1 is 0.903 bits per heavy atom. The molecule has 0 radical (unpaired) electrons. The van der Waals surface area contributed by atoms with Gasteiger partial charge in [0.05, 0.1) is 30.8 Å². The highest BCUT2D eigenvalue weighted by Crippen LogP contribution is 2.39. The molecule has 16 atom stereocenters. The molecule has 3 aliphatic rings. The van der Waals surface area contributed by atoms with Crippen molar-refractivity contribution in [3.63, 3.8) is 0 Å². The number of nitrogens with one attached hydrogen (secondary N) is 1. The van der Waals surface area contributed by atoms with E-state index in [0.717, 1.165) is 6.29 Å². The summed E-state index contributed by atoms with van der Waals surface area (Å²) < 4.78 is 55.2. The molecule has 0 spiro atoms. The molecule has 3 heterocycles. The molecule has 356 valence electrons. The predicted octanol–water partition coefficient (Wildman–Crippen LogP) is 1.91. The number of methoxy groups -OCH3 is 1. The Morgan fingerprint density at radius 3 is 2.11 bits per heavy atom. The van der Waals surface area contributed by atoms with E-state index in [4.69, 9.17) is 42.6 Å². The summed E-state index contributed by atoms with van der Waals surface area (Å²) in [6.07, 6.45) is -10.6. The summed E-state index contributed by atoms with van der Waals surface area (Å²) in [5.41, 5.74) is -1.32. The van der Waals surface area contributed by atoms with Crippen LogP contribution in [0.5, 0.6) is 0 Å². The molecule has 3 rings (SSSR count). The SMILES string of the molecule is CCC(=O)O[C@@H]1CC(=O)N[C@@H](C)CN(C)C[C@H](OC(C)=O)[C@H](C)C[C@H](CC=O)[C@H](O[C@@H]2OC(C)[C@@H](O[C@H]3CC(C)(OC(C)=O)[C@@H](OC(=O)CC)C(C)O3)C(N(C)C)C2O)[C@H]1OC. The number of aliphatic hydroxyl groups is 1. The van der Waals surface area contributed by atoms with E-state index < -0.39 is 115 Å². The minimum Gasteiger partial charge on any atom is -0.461 e. The predicted molar refractivity (Wildman–Crippen MR) is 221 cm³/mol. The lowest BCUT2D eigenvalue weighted by molar-refractivity contribution is -0.344. The normalized spacial score (nSPS) is 37.9. The van der Waals surface area contributed by atoms with Crippen LogP contribution >= 0.6 is 0 Å². The van der Waals surface area contributed by atoms with Gasteiger partial charge in [-0.15, -0.1) is 0 Å². The monoisotopic (exact) mass is 887 g/mol. The Hall–Kier alpha value is -3.30. The summed E-state index contributed by atoms with van der Waals surface area (Å²) >= 11 is 0. The lowest BCUT2D eigenvalue weighted by atomic mass is 9.82. The van der Waals surface area contributed by atoms with Gasteiger partial charge in [0, 0.05) is 65.8 Å². The van der Waals surface area contributed by atoms with Crippen LogP contribution in [0.4, 0.5) is 0 Å². The topological polar surface area (TPSA) is 224 Å². The van der Waals surface area contributed by atoms with Crippen LogP contribution in [0.15, 0.2) is 0 Å². The van der Waals surface area contributed by atoms with Gasteiger partial charge in [-0.1, -0.05) is 20.8 Å². The molecule has 0 aromatic carbocycles. The number of rotatable bonds is 14. The zero-order chi connectivity index (χ0) is 46.6. The summed E-state index contributed by atoms with van der Waals surface area (Å²) in [6, 6.07) is -1.16. The molecule has 3 saturated heterocycles. The Labute approximate surface area is 366 Å². The fraction of sp³-hybridized carbons (Fsp3) is 0.860. The van der Waals surface area contributed by atoms with Crippen molar-refractivity contribution in [2.24, 2.45) is 11.8 Å². The van der Waals surface area contributed by atoms with E-state index in [1.165, 1.54) is 21.0 Å². The van der Waals surface area contributed by atoms with Crippen LogP contribution in [-0.4, -0.2) is 178 Å². The van der Waals surface area contributed by atoms with Gasteiger partial charge in [-0.25, -0.2) is 0 Å². The molecule has 0 bridgehead atoms. The fourth-order valence-corrected chi connectivity index (χ4v) is 9.00. The Kier molecular flexibility index (Phi) is 20.6. The molecule has 0 aliphatic carbocycles. The highest BCUT2D eigenvalue weighted by molar-refractivity contribution is 5.77. The quantitative estimate of drug-likeness (QED) is 0.144. The standard InChI is InChI=1S/C43H73N3O16/c1-14-33(51)58-30-19-32(50)44-24(4)21-46(12)22-31(57-27(7)48)23(3)18-29(16-17-47)39(40(30)54-13)61-42-37(53)36(45(10)11)38(25(5)56-42)60-35-20-43(9,62-28(8)49)41(26(6)55-35)59-34(52)15-2/h17,23-26,29-31,35-42,53H,14-16,18-22H2,1-13H3,(H,44,50)/t23-,24+,25?,26?,29+,30-,31+,35+,36?,37?,38-,39+,40+,41+,42+,43?/m1/s1. The van der Waals surface area contributed by atoms with Crippen molar-refractivity contribution in [2.75, 3.05) is 41.3 Å². The third-order valence-electron chi connectivity index (χ3n) is 11.8. The van der Waals surface area contributed by atoms with Gasteiger partial charge in [-0.3, -0.25) is 24.0 Å². The fourth-order valence-electron chi connectivity index (χ4n) is 9.00. The molecule has 3 aliphatic heterocycles. The first-order chi connectivity index (χ1) is 29.1.